The molecule has 0 aliphatic heterocycles. The van der Waals surface area contributed by atoms with Gasteiger partial charge in [-0.25, -0.2) is 0 Å². The molecule has 0 heterocycles. The molecule has 5 heteroatoms. The Labute approximate surface area is 164 Å². The molecule has 0 bridgehead atoms. The van der Waals surface area contributed by atoms with E-state index in [1.165, 1.54) is 0 Å². The zero-order valence-corrected chi connectivity index (χ0v) is 17.8. The lowest BCUT2D eigenvalue weighted by Crippen LogP contribution is -2.13. The number of carbonyl (C=O) groups is 2. The smallest absolute Gasteiger partial charge is 0.311 e. The van der Waals surface area contributed by atoms with Crippen molar-refractivity contribution in [3.8, 4) is 11.5 Å². The summed E-state index contributed by atoms with van der Waals surface area (Å²) in [7, 11) is 0. The van der Waals surface area contributed by atoms with Crippen LogP contribution in [0.5, 0.6) is 11.5 Å². The lowest BCUT2D eigenvalue weighted by atomic mass is 10.1. The standard InChI is InChI=1S/C20H29IO4/c1-14(2)8-5-12-18(22)24-17-11-7-10-16(21)20(17)25-19(23)13-6-9-15(3)4/h7,10-11,14-15H,5-6,8-9,12-13H2,1-4H3. The molecule has 0 aliphatic rings. The van der Waals surface area contributed by atoms with Crippen molar-refractivity contribution in [2.75, 3.05) is 0 Å². The number of ether oxygens (including phenoxy) is 2. The Balaban J connectivity index is 2.64. The number of rotatable bonds is 10. The van der Waals surface area contributed by atoms with E-state index in [-0.39, 0.29) is 11.9 Å². The SMILES string of the molecule is CC(C)CCCC(=O)Oc1cccc(I)c1OC(=O)CCCC(C)C. The molecule has 0 saturated heterocycles. The highest BCUT2D eigenvalue weighted by Crippen LogP contribution is 2.33. The van der Waals surface area contributed by atoms with Crippen molar-refractivity contribution >= 4 is 34.5 Å². The van der Waals surface area contributed by atoms with Crippen molar-refractivity contribution in [3.63, 3.8) is 0 Å². The van der Waals surface area contributed by atoms with Crippen LogP contribution in [0.2, 0.25) is 0 Å². The Morgan fingerprint density at radius 3 is 1.96 bits per heavy atom. The molecule has 0 atom stereocenters. The Morgan fingerprint density at radius 2 is 1.44 bits per heavy atom. The summed E-state index contributed by atoms with van der Waals surface area (Å²) in [6, 6.07) is 5.28. The second kappa shape index (κ2) is 11.5. The Kier molecular flexibility index (Phi) is 10.1. The lowest BCUT2D eigenvalue weighted by molar-refractivity contribution is -0.137. The molecule has 0 radical (unpaired) electrons. The monoisotopic (exact) mass is 460 g/mol. The van der Waals surface area contributed by atoms with Crippen molar-refractivity contribution in [1.82, 2.24) is 0 Å². The predicted octanol–water partition coefficient (Wildman–Crippen LogP) is 5.75. The van der Waals surface area contributed by atoms with Crippen LogP contribution < -0.4 is 9.47 Å². The molecule has 0 spiro atoms. The summed E-state index contributed by atoms with van der Waals surface area (Å²) < 4.78 is 11.7. The Hall–Kier alpha value is -1.11. The first-order valence-corrected chi connectivity index (χ1v) is 10.1. The third kappa shape index (κ3) is 9.23. The van der Waals surface area contributed by atoms with Gasteiger partial charge in [0.25, 0.3) is 0 Å². The molecule has 1 rings (SSSR count). The number of carbonyl (C=O) groups excluding carboxylic acids is 2. The van der Waals surface area contributed by atoms with E-state index in [4.69, 9.17) is 9.47 Å². The Morgan fingerprint density at radius 1 is 0.920 bits per heavy atom. The summed E-state index contributed by atoms with van der Waals surface area (Å²) in [5, 5.41) is 0. The normalized spacial score (nSPS) is 11.0. The number of hydrogen-bond acceptors (Lipinski definition) is 4. The molecule has 25 heavy (non-hydrogen) atoms. The van der Waals surface area contributed by atoms with Crippen LogP contribution in [0.1, 0.15) is 66.2 Å². The van der Waals surface area contributed by atoms with Gasteiger partial charge in [0.1, 0.15) is 0 Å². The molecule has 1 aromatic rings. The molecule has 0 aromatic heterocycles. The van der Waals surface area contributed by atoms with E-state index in [1.54, 1.807) is 12.1 Å². The van der Waals surface area contributed by atoms with Gasteiger partial charge in [-0.3, -0.25) is 9.59 Å². The van der Waals surface area contributed by atoms with Crippen LogP contribution in [-0.4, -0.2) is 11.9 Å². The highest BCUT2D eigenvalue weighted by atomic mass is 127. The zero-order valence-electron chi connectivity index (χ0n) is 15.6. The maximum Gasteiger partial charge on any atom is 0.311 e. The van der Waals surface area contributed by atoms with Gasteiger partial charge < -0.3 is 9.47 Å². The third-order valence-corrected chi connectivity index (χ3v) is 4.54. The number of benzene rings is 1. The summed E-state index contributed by atoms with van der Waals surface area (Å²) in [5.41, 5.74) is 0. The van der Waals surface area contributed by atoms with Crippen LogP contribution in [-0.2, 0) is 9.59 Å². The molecule has 0 fully saturated rings. The molecular weight excluding hydrogens is 431 g/mol. The topological polar surface area (TPSA) is 52.6 Å². The second-order valence-corrected chi connectivity index (χ2v) is 8.25. The number of para-hydroxylation sites is 1. The highest BCUT2D eigenvalue weighted by molar-refractivity contribution is 14.1. The van der Waals surface area contributed by atoms with Gasteiger partial charge in [0.2, 0.25) is 0 Å². The van der Waals surface area contributed by atoms with Gasteiger partial charge in [-0.05, 0) is 59.4 Å². The van der Waals surface area contributed by atoms with E-state index >= 15 is 0 Å². The summed E-state index contributed by atoms with van der Waals surface area (Å²) in [6.45, 7) is 8.51. The van der Waals surface area contributed by atoms with E-state index in [2.05, 4.69) is 50.3 Å². The van der Waals surface area contributed by atoms with E-state index in [9.17, 15) is 9.59 Å². The minimum atomic E-state index is -0.292. The van der Waals surface area contributed by atoms with Gasteiger partial charge in [0.05, 0.1) is 3.57 Å². The summed E-state index contributed by atoms with van der Waals surface area (Å²) in [6.07, 6.45) is 4.29. The summed E-state index contributed by atoms with van der Waals surface area (Å²) in [5.74, 6) is 1.20. The number of halogens is 1. The van der Waals surface area contributed by atoms with Gasteiger partial charge in [-0.1, -0.05) is 46.6 Å². The third-order valence-electron chi connectivity index (χ3n) is 3.70. The first-order chi connectivity index (χ1) is 11.8. The van der Waals surface area contributed by atoms with Gasteiger partial charge in [0, 0.05) is 12.8 Å². The van der Waals surface area contributed by atoms with E-state index < -0.39 is 0 Å². The van der Waals surface area contributed by atoms with E-state index in [1.807, 2.05) is 6.07 Å². The minimum Gasteiger partial charge on any atom is -0.422 e. The average molecular weight is 460 g/mol. The fraction of sp³-hybridized carbons (Fsp3) is 0.600. The highest BCUT2D eigenvalue weighted by Gasteiger charge is 2.16. The molecule has 0 unspecified atom stereocenters. The molecular formula is C20H29IO4. The van der Waals surface area contributed by atoms with Crippen LogP contribution >= 0.6 is 22.6 Å². The maximum atomic E-state index is 12.1. The van der Waals surface area contributed by atoms with E-state index in [0.29, 0.717) is 36.2 Å². The fourth-order valence-electron chi connectivity index (χ4n) is 2.32. The molecule has 0 N–H and O–H groups in total. The molecule has 0 amide bonds. The van der Waals surface area contributed by atoms with Crippen LogP contribution in [0.3, 0.4) is 0 Å². The lowest BCUT2D eigenvalue weighted by Gasteiger charge is -2.12. The van der Waals surface area contributed by atoms with Crippen molar-refractivity contribution in [2.45, 2.75) is 66.2 Å². The predicted molar refractivity (Wildman–Crippen MR) is 108 cm³/mol. The summed E-state index contributed by atoms with van der Waals surface area (Å²) in [4.78, 5) is 24.1. The molecule has 140 valence electrons. The second-order valence-electron chi connectivity index (χ2n) is 7.09. The van der Waals surface area contributed by atoms with Crippen LogP contribution in [0.15, 0.2) is 18.2 Å². The van der Waals surface area contributed by atoms with Gasteiger partial charge >= 0.3 is 11.9 Å². The van der Waals surface area contributed by atoms with Gasteiger partial charge in [0.15, 0.2) is 11.5 Å². The first kappa shape index (κ1) is 21.9. The molecule has 1 aromatic carbocycles. The van der Waals surface area contributed by atoms with E-state index in [0.717, 1.165) is 29.3 Å². The maximum absolute atomic E-state index is 12.1. The summed E-state index contributed by atoms with van der Waals surface area (Å²) >= 11 is 2.08. The van der Waals surface area contributed by atoms with Crippen molar-refractivity contribution < 1.29 is 19.1 Å². The van der Waals surface area contributed by atoms with Crippen molar-refractivity contribution in [3.05, 3.63) is 21.8 Å². The molecule has 4 nitrogen and oxygen atoms in total. The Bertz CT molecular complexity index is 567. The van der Waals surface area contributed by atoms with Crippen molar-refractivity contribution in [2.24, 2.45) is 11.8 Å². The van der Waals surface area contributed by atoms with Gasteiger partial charge in [-0.2, -0.15) is 0 Å². The number of esters is 2. The quantitative estimate of drug-likeness (QED) is 0.253. The van der Waals surface area contributed by atoms with Gasteiger partial charge in [-0.15, -0.1) is 0 Å². The minimum absolute atomic E-state index is 0.290. The van der Waals surface area contributed by atoms with Crippen LogP contribution in [0, 0.1) is 15.4 Å². The molecule has 0 saturated carbocycles. The van der Waals surface area contributed by atoms with Crippen molar-refractivity contribution in [1.29, 1.82) is 0 Å². The fourth-order valence-corrected chi connectivity index (χ4v) is 2.90. The molecule has 0 aliphatic carbocycles. The van der Waals surface area contributed by atoms with Crippen LogP contribution in [0.25, 0.3) is 0 Å². The average Bonchev–Trinajstić information content (AvgIpc) is 2.50. The first-order valence-electron chi connectivity index (χ1n) is 8.99. The number of hydrogen-bond donors (Lipinski definition) is 0. The zero-order chi connectivity index (χ0) is 18.8. The largest absolute Gasteiger partial charge is 0.422 e. The van der Waals surface area contributed by atoms with Crippen LogP contribution in [0.4, 0.5) is 0 Å².